The number of rotatable bonds is 7. The fourth-order valence-corrected chi connectivity index (χ4v) is 2.58. The van der Waals surface area contributed by atoms with Gasteiger partial charge in [-0.05, 0) is 39.5 Å². The monoisotopic (exact) mass is 285 g/mol. The second-order valence-electron chi connectivity index (χ2n) is 5.61. The van der Waals surface area contributed by atoms with E-state index in [0.29, 0.717) is 25.0 Å². The molecule has 2 atom stereocenters. The van der Waals surface area contributed by atoms with E-state index in [-0.39, 0.29) is 12.5 Å². The van der Waals surface area contributed by atoms with Crippen LogP contribution >= 0.6 is 0 Å². The average Bonchev–Trinajstić information content (AvgIpc) is 2.38. The predicted molar refractivity (Wildman–Crippen MR) is 77.3 cm³/mol. The van der Waals surface area contributed by atoms with Crippen molar-refractivity contribution >= 4 is 12.0 Å². The molecule has 0 aromatic heterocycles. The number of amides is 2. The molecule has 1 rings (SSSR count). The van der Waals surface area contributed by atoms with Gasteiger partial charge in [-0.1, -0.05) is 12.8 Å². The second kappa shape index (κ2) is 8.79. The number of carbonyl (C=O) groups excluding carboxylic acids is 1. The van der Waals surface area contributed by atoms with E-state index >= 15 is 0 Å². The lowest BCUT2D eigenvalue weighted by Gasteiger charge is -2.38. The van der Waals surface area contributed by atoms with Crippen LogP contribution in [0, 0.1) is 0 Å². The summed E-state index contributed by atoms with van der Waals surface area (Å²) < 4.78 is 0. The number of piperidine rings is 1. The van der Waals surface area contributed by atoms with Crippen molar-refractivity contribution in [2.45, 2.75) is 70.9 Å². The van der Waals surface area contributed by atoms with Crippen molar-refractivity contribution < 1.29 is 14.7 Å². The summed E-state index contributed by atoms with van der Waals surface area (Å²) in [7, 11) is 0. The average molecular weight is 285 g/mol. The van der Waals surface area contributed by atoms with Crippen LogP contribution in [0.15, 0.2) is 0 Å². The van der Waals surface area contributed by atoms with Gasteiger partial charge in [0.25, 0.3) is 0 Å². The molecule has 1 aliphatic rings. The van der Waals surface area contributed by atoms with Gasteiger partial charge in [0.2, 0.25) is 0 Å². The summed E-state index contributed by atoms with van der Waals surface area (Å²) in [6.07, 6.45) is 5.94. The van der Waals surface area contributed by atoms with Crippen LogP contribution in [0.25, 0.3) is 0 Å². The van der Waals surface area contributed by atoms with Gasteiger partial charge in [-0.3, -0.25) is 10.2 Å². The van der Waals surface area contributed by atoms with E-state index in [9.17, 15) is 9.59 Å². The number of hydrogen-bond donors (Lipinski definition) is 3. The first-order valence-corrected chi connectivity index (χ1v) is 7.55. The zero-order valence-corrected chi connectivity index (χ0v) is 12.5. The molecule has 0 spiro atoms. The molecule has 6 heteroatoms. The number of nitrogens with one attached hydrogen (secondary N) is 2. The van der Waals surface area contributed by atoms with Gasteiger partial charge in [-0.2, -0.15) is 0 Å². The highest BCUT2D eigenvalue weighted by Crippen LogP contribution is 2.19. The lowest BCUT2D eigenvalue weighted by molar-refractivity contribution is -0.137. The summed E-state index contributed by atoms with van der Waals surface area (Å²) in [6, 6.07) is 0.587. The summed E-state index contributed by atoms with van der Waals surface area (Å²) in [5.41, 5.74) is 2.92. The molecule has 0 aliphatic carbocycles. The van der Waals surface area contributed by atoms with Crippen LogP contribution in [-0.4, -0.2) is 40.7 Å². The lowest BCUT2D eigenvalue weighted by atomic mass is 10.00. The molecule has 0 aromatic rings. The van der Waals surface area contributed by atoms with Gasteiger partial charge in [-0.25, -0.2) is 9.80 Å². The highest BCUT2D eigenvalue weighted by Gasteiger charge is 2.25. The Morgan fingerprint density at radius 1 is 1.15 bits per heavy atom. The van der Waals surface area contributed by atoms with Crippen LogP contribution in [0.2, 0.25) is 0 Å². The van der Waals surface area contributed by atoms with Gasteiger partial charge in [0.05, 0.1) is 0 Å². The number of carboxylic acid groups (broad SMARTS) is 1. The Kier molecular flexibility index (Phi) is 7.36. The molecule has 0 aromatic carbocycles. The van der Waals surface area contributed by atoms with Crippen LogP contribution in [0.3, 0.4) is 0 Å². The number of hydrazine groups is 1. The molecule has 0 bridgehead atoms. The lowest BCUT2D eigenvalue weighted by Crippen LogP contribution is -2.56. The van der Waals surface area contributed by atoms with E-state index in [1.807, 2.05) is 5.01 Å². The minimum Gasteiger partial charge on any atom is -0.481 e. The molecule has 20 heavy (non-hydrogen) atoms. The first-order chi connectivity index (χ1) is 9.50. The summed E-state index contributed by atoms with van der Waals surface area (Å²) in [6.45, 7) is 4.84. The molecular formula is C14H27N3O3. The van der Waals surface area contributed by atoms with Crippen molar-refractivity contribution in [1.82, 2.24) is 15.8 Å². The quantitative estimate of drug-likeness (QED) is 0.626. The van der Waals surface area contributed by atoms with Crippen LogP contribution in [0.5, 0.6) is 0 Å². The minimum atomic E-state index is -0.760. The minimum absolute atomic E-state index is 0.163. The topological polar surface area (TPSA) is 81.7 Å². The zero-order valence-electron chi connectivity index (χ0n) is 12.5. The zero-order chi connectivity index (χ0) is 15.0. The molecule has 3 N–H and O–H groups in total. The van der Waals surface area contributed by atoms with Crippen molar-refractivity contribution in [2.75, 3.05) is 6.54 Å². The Bertz CT molecular complexity index is 313. The Morgan fingerprint density at radius 2 is 1.80 bits per heavy atom. The SMILES string of the molecule is CC1CCCC(C)N1NC(=O)NCCCCCC(=O)O. The number of urea groups is 1. The van der Waals surface area contributed by atoms with Crippen molar-refractivity contribution in [3.63, 3.8) is 0 Å². The molecule has 1 aliphatic heterocycles. The van der Waals surface area contributed by atoms with Gasteiger partial charge in [0.15, 0.2) is 0 Å². The number of carboxylic acids is 1. The molecule has 2 unspecified atom stereocenters. The maximum Gasteiger partial charge on any atom is 0.329 e. The molecule has 0 saturated carbocycles. The Hall–Kier alpha value is -1.30. The molecular weight excluding hydrogens is 258 g/mol. The molecule has 6 nitrogen and oxygen atoms in total. The van der Waals surface area contributed by atoms with Gasteiger partial charge < -0.3 is 10.4 Å². The maximum absolute atomic E-state index is 11.8. The van der Waals surface area contributed by atoms with Gasteiger partial charge in [0.1, 0.15) is 0 Å². The smallest absolute Gasteiger partial charge is 0.329 e. The largest absolute Gasteiger partial charge is 0.481 e. The van der Waals surface area contributed by atoms with Crippen LogP contribution in [0.1, 0.15) is 58.8 Å². The van der Waals surface area contributed by atoms with Crippen molar-refractivity contribution in [3.8, 4) is 0 Å². The number of nitrogens with zero attached hydrogens (tertiary/aromatic N) is 1. The van der Waals surface area contributed by atoms with E-state index in [1.54, 1.807) is 0 Å². The fourth-order valence-electron chi connectivity index (χ4n) is 2.58. The molecule has 116 valence electrons. The Balaban J connectivity index is 2.12. The van der Waals surface area contributed by atoms with Gasteiger partial charge in [-0.15, -0.1) is 0 Å². The summed E-state index contributed by atoms with van der Waals surface area (Å²) in [4.78, 5) is 22.1. The number of hydrogen-bond acceptors (Lipinski definition) is 3. The standard InChI is InChI=1S/C14H27N3O3/c1-11-7-6-8-12(2)17(11)16-14(20)15-10-5-3-4-9-13(18)19/h11-12H,3-10H2,1-2H3,(H,18,19)(H2,15,16,20). The highest BCUT2D eigenvalue weighted by molar-refractivity contribution is 5.73. The fraction of sp³-hybridized carbons (Fsp3) is 0.857. The molecule has 1 heterocycles. The first kappa shape index (κ1) is 16.8. The van der Waals surface area contributed by atoms with Gasteiger partial charge >= 0.3 is 12.0 Å². The van der Waals surface area contributed by atoms with Crippen LogP contribution in [0.4, 0.5) is 4.79 Å². The van der Waals surface area contributed by atoms with E-state index < -0.39 is 5.97 Å². The van der Waals surface area contributed by atoms with Crippen molar-refractivity contribution in [1.29, 1.82) is 0 Å². The van der Waals surface area contributed by atoms with E-state index in [4.69, 9.17) is 5.11 Å². The van der Waals surface area contributed by atoms with E-state index in [0.717, 1.165) is 25.7 Å². The Morgan fingerprint density at radius 3 is 2.40 bits per heavy atom. The number of carbonyl (C=O) groups is 2. The summed E-state index contributed by atoms with van der Waals surface area (Å²) in [5, 5.41) is 13.4. The van der Waals surface area contributed by atoms with Crippen molar-refractivity contribution in [2.24, 2.45) is 0 Å². The predicted octanol–water partition coefficient (Wildman–Crippen LogP) is 2.11. The molecule has 1 fully saturated rings. The third-order valence-corrected chi connectivity index (χ3v) is 3.78. The third kappa shape index (κ3) is 6.23. The first-order valence-electron chi connectivity index (χ1n) is 7.55. The third-order valence-electron chi connectivity index (χ3n) is 3.78. The molecule has 2 amide bonds. The highest BCUT2D eigenvalue weighted by atomic mass is 16.4. The number of aliphatic carboxylic acids is 1. The second-order valence-corrected chi connectivity index (χ2v) is 5.61. The maximum atomic E-state index is 11.8. The number of unbranched alkanes of at least 4 members (excludes halogenated alkanes) is 2. The van der Waals surface area contributed by atoms with Crippen LogP contribution in [-0.2, 0) is 4.79 Å². The Labute approximate surface area is 120 Å². The van der Waals surface area contributed by atoms with E-state index in [2.05, 4.69) is 24.6 Å². The normalized spacial score (nSPS) is 23.3. The van der Waals surface area contributed by atoms with Gasteiger partial charge in [0, 0.05) is 25.0 Å². The summed E-state index contributed by atoms with van der Waals surface area (Å²) in [5.74, 6) is -0.760. The van der Waals surface area contributed by atoms with E-state index in [1.165, 1.54) is 6.42 Å². The summed E-state index contributed by atoms with van der Waals surface area (Å²) >= 11 is 0. The van der Waals surface area contributed by atoms with Crippen LogP contribution < -0.4 is 10.7 Å². The molecule has 0 radical (unpaired) electrons. The van der Waals surface area contributed by atoms with Crippen molar-refractivity contribution in [3.05, 3.63) is 0 Å². The molecule has 1 saturated heterocycles.